The number of hydrogen-bond donors (Lipinski definition) is 1. The number of thiol groups is 1. The molecule has 0 spiro atoms. The van der Waals surface area contributed by atoms with Gasteiger partial charge in [-0.15, -0.1) is 10.2 Å². The van der Waals surface area contributed by atoms with Gasteiger partial charge < -0.3 is 0 Å². The van der Waals surface area contributed by atoms with Gasteiger partial charge in [0, 0.05) is 11.7 Å². The molecule has 0 aromatic carbocycles. The lowest BCUT2D eigenvalue weighted by atomic mass is 10.3. The van der Waals surface area contributed by atoms with Crippen LogP contribution >= 0.6 is 24.0 Å². The highest BCUT2D eigenvalue weighted by atomic mass is 32.1. The molecule has 13 heavy (non-hydrogen) atoms. The molecule has 0 aliphatic rings. The normalized spacial score (nSPS) is 14.5. The van der Waals surface area contributed by atoms with Crippen molar-refractivity contribution >= 4 is 24.0 Å². The van der Waals surface area contributed by atoms with Crippen LogP contribution < -0.4 is 0 Å². The molecule has 1 rings (SSSR count). The topological polar surface area (TPSA) is 25.8 Å². The van der Waals surface area contributed by atoms with Crippen LogP contribution in [0.15, 0.2) is 0 Å². The molecule has 0 saturated heterocycles. The first-order valence-corrected chi connectivity index (χ1v) is 4.63. The molecule has 1 radical (unpaired) electrons. The second-order valence-electron chi connectivity index (χ2n) is 2.36. The Bertz CT molecular complexity index is 282. The van der Waals surface area contributed by atoms with Crippen molar-refractivity contribution in [1.82, 2.24) is 10.2 Å². The first-order chi connectivity index (χ1) is 5.89. The molecule has 1 aromatic heterocycles. The smallest absolute Gasteiger partial charge is 0.175 e. The zero-order valence-electron chi connectivity index (χ0n) is 6.38. The van der Waals surface area contributed by atoms with E-state index in [9.17, 15) is 13.2 Å². The van der Waals surface area contributed by atoms with Gasteiger partial charge in [0.15, 0.2) is 0 Å². The lowest BCUT2D eigenvalue weighted by Crippen LogP contribution is -2.03. The highest BCUT2D eigenvalue weighted by Gasteiger charge is 2.35. The van der Waals surface area contributed by atoms with Gasteiger partial charge in [-0.1, -0.05) is 11.3 Å². The van der Waals surface area contributed by atoms with E-state index < -0.39 is 11.2 Å². The van der Waals surface area contributed by atoms with Gasteiger partial charge in [0.2, 0.25) is 5.01 Å². The van der Waals surface area contributed by atoms with Crippen LogP contribution in [0, 0.1) is 6.92 Å². The Morgan fingerprint density at radius 1 is 1.46 bits per heavy atom. The molecule has 2 nitrogen and oxygen atoms in total. The van der Waals surface area contributed by atoms with Crippen molar-refractivity contribution in [3.05, 3.63) is 16.9 Å². The predicted molar refractivity (Wildman–Crippen MR) is 46.7 cm³/mol. The van der Waals surface area contributed by atoms with E-state index in [0.29, 0.717) is 22.8 Å². The van der Waals surface area contributed by atoms with E-state index in [2.05, 4.69) is 29.7 Å². The van der Waals surface area contributed by atoms with Crippen molar-refractivity contribution < 1.29 is 13.2 Å². The predicted octanol–water partition coefficient (Wildman–Crippen LogP) is 2.23. The molecule has 0 aliphatic heterocycles. The molecule has 0 amide bonds. The Labute approximate surface area is 82.6 Å². The highest BCUT2D eigenvalue weighted by Crippen LogP contribution is 2.31. The number of alkyl halides is 3. The average Bonchev–Trinajstić information content (AvgIpc) is 2.32. The molecule has 1 aromatic rings. The summed E-state index contributed by atoms with van der Waals surface area (Å²) in [5.74, 6) is 0. The van der Waals surface area contributed by atoms with Crippen LogP contribution in [0.1, 0.15) is 10.0 Å². The fourth-order valence-electron chi connectivity index (χ4n) is 0.652. The van der Waals surface area contributed by atoms with Crippen molar-refractivity contribution in [3.63, 3.8) is 0 Å². The van der Waals surface area contributed by atoms with E-state index in [1.54, 1.807) is 0 Å². The number of rotatable bonds is 2. The van der Waals surface area contributed by atoms with E-state index in [4.69, 9.17) is 0 Å². The minimum atomic E-state index is -4.40. The molecule has 7 heteroatoms. The summed E-state index contributed by atoms with van der Waals surface area (Å²) in [6.07, 6.45) is -4.10. The third-order valence-electron chi connectivity index (χ3n) is 1.12. The zero-order chi connectivity index (χ0) is 10.1. The van der Waals surface area contributed by atoms with Crippen LogP contribution in [0.25, 0.3) is 0 Å². The maximum atomic E-state index is 12.0. The van der Waals surface area contributed by atoms with Gasteiger partial charge in [0.05, 0.1) is 0 Å². The number of nitrogens with zero attached hydrogens (tertiary/aromatic N) is 2. The molecular formula is C6H6F3N2S2. The molecule has 1 heterocycles. The van der Waals surface area contributed by atoms with Crippen LogP contribution in [-0.2, 0) is 12.6 Å². The van der Waals surface area contributed by atoms with Crippen LogP contribution in [-0.4, -0.2) is 15.4 Å². The second-order valence-corrected chi connectivity index (χ2v) is 4.15. The van der Waals surface area contributed by atoms with Crippen molar-refractivity contribution in [2.75, 3.05) is 0 Å². The Hall–Kier alpha value is -0.300. The van der Waals surface area contributed by atoms with E-state index >= 15 is 0 Å². The summed E-state index contributed by atoms with van der Waals surface area (Å²) >= 11 is 4.47. The standard InChI is InChI=1S/C6H6F3N2S2/c1-3(12)2-4-10-11-5(13-4)6(7,8)9/h3,12H,1-2H2. The van der Waals surface area contributed by atoms with Crippen LogP contribution in [0.2, 0.25) is 0 Å². The molecule has 0 saturated carbocycles. The Kier molecular flexibility index (Phi) is 3.18. The Morgan fingerprint density at radius 2 is 2.08 bits per heavy atom. The van der Waals surface area contributed by atoms with Crippen molar-refractivity contribution in [2.45, 2.75) is 17.8 Å². The lowest BCUT2D eigenvalue weighted by Gasteiger charge is -1.98. The Balaban J connectivity index is 2.75. The summed E-state index contributed by atoms with van der Waals surface area (Å²) in [5, 5.41) is 5.54. The van der Waals surface area contributed by atoms with Gasteiger partial charge in [-0.2, -0.15) is 25.8 Å². The van der Waals surface area contributed by atoms with Gasteiger partial charge in [0.25, 0.3) is 0 Å². The molecule has 73 valence electrons. The first-order valence-electron chi connectivity index (χ1n) is 3.30. The van der Waals surface area contributed by atoms with Gasteiger partial charge >= 0.3 is 6.18 Å². The van der Waals surface area contributed by atoms with Gasteiger partial charge in [-0.05, 0) is 6.92 Å². The molecular weight excluding hydrogens is 221 g/mol. The van der Waals surface area contributed by atoms with E-state index in [0.717, 1.165) is 0 Å². The van der Waals surface area contributed by atoms with Crippen LogP contribution in [0.4, 0.5) is 13.2 Å². The Morgan fingerprint density at radius 3 is 2.46 bits per heavy atom. The van der Waals surface area contributed by atoms with Crippen molar-refractivity contribution in [1.29, 1.82) is 0 Å². The van der Waals surface area contributed by atoms with Crippen molar-refractivity contribution in [3.8, 4) is 0 Å². The fourth-order valence-corrected chi connectivity index (χ4v) is 1.74. The number of halogens is 3. The highest BCUT2D eigenvalue weighted by molar-refractivity contribution is 7.81. The minimum absolute atomic E-state index is 0.256. The zero-order valence-corrected chi connectivity index (χ0v) is 8.09. The number of hydrogen-bond acceptors (Lipinski definition) is 4. The third kappa shape index (κ3) is 3.15. The second kappa shape index (κ2) is 3.83. The average molecular weight is 227 g/mol. The summed E-state index contributed by atoms with van der Waals surface area (Å²) in [5.41, 5.74) is 0. The molecule has 0 fully saturated rings. The first kappa shape index (κ1) is 10.8. The van der Waals surface area contributed by atoms with E-state index in [-0.39, 0.29) is 5.25 Å². The maximum Gasteiger partial charge on any atom is 0.445 e. The number of aromatic nitrogens is 2. The van der Waals surface area contributed by atoms with E-state index in [1.165, 1.54) is 0 Å². The van der Waals surface area contributed by atoms with Gasteiger partial charge in [-0.3, -0.25) is 0 Å². The summed E-state index contributed by atoms with van der Waals surface area (Å²) in [6.45, 7) is 3.53. The molecule has 0 aliphatic carbocycles. The molecule has 1 atom stereocenters. The molecule has 1 unspecified atom stereocenters. The summed E-state index contributed by atoms with van der Waals surface area (Å²) in [7, 11) is 0. The van der Waals surface area contributed by atoms with Crippen LogP contribution in [0.5, 0.6) is 0 Å². The summed E-state index contributed by atoms with van der Waals surface area (Å²) < 4.78 is 36.0. The van der Waals surface area contributed by atoms with Gasteiger partial charge in [-0.25, -0.2) is 0 Å². The summed E-state index contributed by atoms with van der Waals surface area (Å²) in [6, 6.07) is 0. The van der Waals surface area contributed by atoms with Gasteiger partial charge in [0.1, 0.15) is 5.01 Å². The SMILES string of the molecule is [CH2]C(S)Cc1nnc(C(F)(F)F)s1. The fraction of sp³-hybridized carbons (Fsp3) is 0.500. The third-order valence-corrected chi connectivity index (χ3v) is 2.29. The lowest BCUT2D eigenvalue weighted by molar-refractivity contribution is -0.138. The quantitative estimate of drug-likeness (QED) is 0.784. The minimum Gasteiger partial charge on any atom is -0.175 e. The molecule has 0 N–H and O–H groups in total. The monoisotopic (exact) mass is 227 g/mol. The maximum absolute atomic E-state index is 12.0. The van der Waals surface area contributed by atoms with Crippen LogP contribution in [0.3, 0.4) is 0 Å². The largest absolute Gasteiger partial charge is 0.445 e. The van der Waals surface area contributed by atoms with Crippen molar-refractivity contribution in [2.24, 2.45) is 0 Å². The summed E-state index contributed by atoms with van der Waals surface area (Å²) in [4.78, 5) is 0. The molecule has 0 bridgehead atoms. The van der Waals surface area contributed by atoms with E-state index in [1.807, 2.05) is 0 Å².